The lowest BCUT2D eigenvalue weighted by molar-refractivity contribution is -0.383. The van der Waals surface area contributed by atoms with Crippen LogP contribution in [0.15, 0.2) is 12.1 Å². The molecule has 1 aromatic carbocycles. The van der Waals surface area contributed by atoms with Gasteiger partial charge in [-0.1, -0.05) is 11.6 Å². The minimum Gasteiger partial charge on any atom is -0.393 e. The Bertz CT molecular complexity index is 495. The van der Waals surface area contributed by atoms with Gasteiger partial charge in [0.25, 0.3) is 5.69 Å². The molecule has 19 heavy (non-hydrogen) atoms. The van der Waals surface area contributed by atoms with Crippen LogP contribution in [0.3, 0.4) is 0 Å². The molecule has 104 valence electrons. The highest BCUT2D eigenvalue weighted by Crippen LogP contribution is 2.37. The number of ether oxygens (including phenoxy) is 1. The normalized spacial score (nSPS) is 18.8. The average molecular weight is 286 g/mol. The summed E-state index contributed by atoms with van der Waals surface area (Å²) in [7, 11) is 1.66. The van der Waals surface area contributed by atoms with Gasteiger partial charge in [0.15, 0.2) is 0 Å². The Hall–Kier alpha value is -1.53. The van der Waals surface area contributed by atoms with Crippen LogP contribution in [0, 0.1) is 10.1 Å². The van der Waals surface area contributed by atoms with E-state index in [1.54, 1.807) is 13.2 Å². The molecule has 1 unspecified atom stereocenters. The van der Waals surface area contributed by atoms with Gasteiger partial charge >= 0.3 is 0 Å². The van der Waals surface area contributed by atoms with Crippen LogP contribution in [0.4, 0.5) is 17.1 Å². The maximum absolute atomic E-state index is 10.8. The van der Waals surface area contributed by atoms with Crippen molar-refractivity contribution in [1.29, 1.82) is 0 Å². The van der Waals surface area contributed by atoms with Gasteiger partial charge in [-0.3, -0.25) is 10.1 Å². The van der Waals surface area contributed by atoms with Crippen LogP contribution in [0.2, 0.25) is 5.02 Å². The topological polar surface area (TPSA) is 81.6 Å². The number of benzene rings is 1. The molecular formula is C12H16ClN3O3. The summed E-state index contributed by atoms with van der Waals surface area (Å²) < 4.78 is 5.19. The van der Waals surface area contributed by atoms with E-state index >= 15 is 0 Å². The fraction of sp³-hybridized carbons (Fsp3) is 0.500. The SMILES string of the molecule is COCC1CCCN1c1cc(N)c([N+](=O)[O-])cc1Cl. The predicted octanol–water partition coefficient (Wildman–Crippen LogP) is 2.45. The smallest absolute Gasteiger partial charge is 0.293 e. The molecule has 0 aliphatic carbocycles. The summed E-state index contributed by atoms with van der Waals surface area (Å²) in [6, 6.07) is 3.13. The third kappa shape index (κ3) is 2.74. The predicted molar refractivity (Wildman–Crippen MR) is 74.8 cm³/mol. The van der Waals surface area contributed by atoms with Crippen LogP contribution in [-0.4, -0.2) is 31.2 Å². The first kappa shape index (κ1) is 13.9. The Balaban J connectivity index is 2.35. The second-order valence-electron chi connectivity index (χ2n) is 4.56. The van der Waals surface area contributed by atoms with E-state index in [0.717, 1.165) is 25.1 Å². The van der Waals surface area contributed by atoms with E-state index in [-0.39, 0.29) is 17.4 Å². The lowest BCUT2D eigenvalue weighted by Gasteiger charge is -2.27. The van der Waals surface area contributed by atoms with Gasteiger partial charge in [-0.2, -0.15) is 0 Å². The zero-order valence-corrected chi connectivity index (χ0v) is 11.4. The Morgan fingerprint density at radius 1 is 1.63 bits per heavy atom. The number of hydrogen-bond acceptors (Lipinski definition) is 5. The van der Waals surface area contributed by atoms with E-state index in [4.69, 9.17) is 22.1 Å². The van der Waals surface area contributed by atoms with Crippen molar-refractivity contribution < 1.29 is 9.66 Å². The number of anilines is 2. The van der Waals surface area contributed by atoms with E-state index in [2.05, 4.69) is 4.90 Å². The highest BCUT2D eigenvalue weighted by Gasteiger charge is 2.28. The standard InChI is InChI=1S/C12H16ClN3O3/c1-19-7-8-3-2-4-15(8)11-6-10(14)12(16(17)18)5-9(11)13/h5-6,8H,2-4,7,14H2,1H3. The fourth-order valence-electron chi connectivity index (χ4n) is 2.46. The molecule has 1 aromatic rings. The van der Waals surface area contributed by atoms with Crippen LogP contribution >= 0.6 is 11.6 Å². The molecule has 1 aliphatic rings. The Morgan fingerprint density at radius 3 is 3.00 bits per heavy atom. The molecule has 1 aliphatic heterocycles. The number of nitrogen functional groups attached to an aromatic ring is 1. The van der Waals surface area contributed by atoms with E-state index in [1.165, 1.54) is 6.07 Å². The van der Waals surface area contributed by atoms with Gasteiger partial charge in [0, 0.05) is 19.7 Å². The molecule has 1 fully saturated rings. The number of nitro benzene ring substituents is 1. The van der Waals surface area contributed by atoms with Gasteiger partial charge in [-0.15, -0.1) is 0 Å². The largest absolute Gasteiger partial charge is 0.393 e. The lowest BCUT2D eigenvalue weighted by Crippen LogP contribution is -2.33. The molecule has 7 heteroatoms. The summed E-state index contributed by atoms with van der Waals surface area (Å²) in [4.78, 5) is 12.4. The van der Waals surface area contributed by atoms with Crippen LogP contribution in [0.1, 0.15) is 12.8 Å². The van der Waals surface area contributed by atoms with Crippen molar-refractivity contribution in [1.82, 2.24) is 0 Å². The zero-order chi connectivity index (χ0) is 14.0. The van der Waals surface area contributed by atoms with Crippen molar-refractivity contribution in [2.45, 2.75) is 18.9 Å². The first-order chi connectivity index (χ1) is 9.04. The van der Waals surface area contributed by atoms with Crippen LogP contribution in [-0.2, 0) is 4.74 Å². The van der Waals surface area contributed by atoms with Crippen LogP contribution < -0.4 is 10.6 Å². The summed E-state index contributed by atoms with van der Waals surface area (Å²) >= 11 is 6.15. The Morgan fingerprint density at radius 2 is 2.37 bits per heavy atom. The number of nitrogens with zero attached hydrogens (tertiary/aromatic N) is 2. The molecule has 0 saturated carbocycles. The monoisotopic (exact) mass is 285 g/mol. The first-order valence-corrected chi connectivity index (χ1v) is 6.41. The molecule has 0 amide bonds. The van der Waals surface area contributed by atoms with Gasteiger partial charge in [0.05, 0.1) is 28.3 Å². The van der Waals surface area contributed by atoms with Crippen molar-refractivity contribution >= 4 is 28.7 Å². The minimum atomic E-state index is -0.526. The van der Waals surface area contributed by atoms with Gasteiger partial charge in [0.2, 0.25) is 0 Å². The van der Waals surface area contributed by atoms with E-state index in [9.17, 15) is 10.1 Å². The molecule has 1 heterocycles. The molecular weight excluding hydrogens is 270 g/mol. The van der Waals surface area contributed by atoms with E-state index in [1.807, 2.05) is 0 Å². The molecule has 0 aromatic heterocycles. The number of halogens is 1. The number of hydrogen-bond donors (Lipinski definition) is 1. The molecule has 0 radical (unpaired) electrons. The van der Waals surface area contributed by atoms with Crippen molar-refractivity contribution in [3.63, 3.8) is 0 Å². The molecule has 0 bridgehead atoms. The first-order valence-electron chi connectivity index (χ1n) is 6.03. The number of nitro groups is 1. The highest BCUT2D eigenvalue weighted by molar-refractivity contribution is 6.33. The van der Waals surface area contributed by atoms with Crippen molar-refractivity contribution in [3.05, 3.63) is 27.3 Å². The summed E-state index contributed by atoms with van der Waals surface area (Å²) in [5, 5.41) is 11.2. The minimum absolute atomic E-state index is 0.132. The lowest BCUT2D eigenvalue weighted by atomic mass is 10.2. The number of nitrogens with two attached hydrogens (primary N) is 1. The highest BCUT2D eigenvalue weighted by atomic mass is 35.5. The maximum atomic E-state index is 10.8. The van der Waals surface area contributed by atoms with Gasteiger partial charge < -0.3 is 15.4 Å². The quantitative estimate of drug-likeness (QED) is 0.522. The Labute approximate surface area is 116 Å². The van der Waals surface area contributed by atoms with Crippen molar-refractivity contribution in [3.8, 4) is 0 Å². The third-order valence-corrected chi connectivity index (χ3v) is 3.64. The molecule has 1 saturated heterocycles. The second-order valence-corrected chi connectivity index (χ2v) is 4.97. The third-order valence-electron chi connectivity index (χ3n) is 3.34. The van der Waals surface area contributed by atoms with Gasteiger partial charge in [-0.25, -0.2) is 0 Å². The molecule has 2 N–H and O–H groups in total. The van der Waals surface area contributed by atoms with Crippen LogP contribution in [0.5, 0.6) is 0 Å². The van der Waals surface area contributed by atoms with E-state index in [0.29, 0.717) is 11.6 Å². The maximum Gasteiger partial charge on any atom is 0.293 e. The number of methoxy groups -OCH3 is 1. The molecule has 1 atom stereocenters. The Kier molecular flexibility index (Phi) is 4.11. The molecule has 6 nitrogen and oxygen atoms in total. The van der Waals surface area contributed by atoms with Crippen molar-refractivity contribution in [2.75, 3.05) is 30.9 Å². The molecule has 0 spiro atoms. The van der Waals surface area contributed by atoms with Gasteiger partial charge in [0.1, 0.15) is 5.69 Å². The summed E-state index contributed by atoms with van der Waals surface area (Å²) in [6.07, 6.45) is 2.06. The van der Waals surface area contributed by atoms with E-state index < -0.39 is 4.92 Å². The number of rotatable bonds is 4. The summed E-state index contributed by atoms with van der Waals surface area (Å²) in [5.41, 5.74) is 6.44. The summed E-state index contributed by atoms with van der Waals surface area (Å²) in [5.74, 6) is 0. The zero-order valence-electron chi connectivity index (χ0n) is 10.6. The fourth-order valence-corrected chi connectivity index (χ4v) is 2.73. The second kappa shape index (κ2) is 5.63. The summed E-state index contributed by atoms with van der Waals surface area (Å²) in [6.45, 7) is 1.46. The van der Waals surface area contributed by atoms with Crippen molar-refractivity contribution in [2.24, 2.45) is 0 Å². The average Bonchev–Trinajstić information content (AvgIpc) is 2.80. The van der Waals surface area contributed by atoms with Crippen LogP contribution in [0.25, 0.3) is 0 Å². The molecule has 2 rings (SSSR count). The van der Waals surface area contributed by atoms with Gasteiger partial charge in [-0.05, 0) is 18.9 Å².